The van der Waals surface area contributed by atoms with Crippen LogP contribution in [0.2, 0.25) is 0 Å². The third kappa shape index (κ3) is 2.49. The van der Waals surface area contributed by atoms with Gasteiger partial charge in [0.25, 0.3) is 5.56 Å². The Labute approximate surface area is 112 Å². The lowest BCUT2D eigenvalue weighted by atomic mass is 10.0. The van der Waals surface area contributed by atoms with E-state index in [-0.39, 0.29) is 11.4 Å². The van der Waals surface area contributed by atoms with Crippen LogP contribution in [0.5, 0.6) is 5.88 Å². The summed E-state index contributed by atoms with van der Waals surface area (Å²) >= 11 is 0. The molecule has 0 saturated carbocycles. The summed E-state index contributed by atoms with van der Waals surface area (Å²) in [6, 6.07) is 1.95. The maximum atomic E-state index is 11.9. The van der Waals surface area contributed by atoms with Crippen molar-refractivity contribution in [3.05, 3.63) is 27.0 Å². The molecule has 0 radical (unpaired) electrons. The summed E-state index contributed by atoms with van der Waals surface area (Å²) in [6.45, 7) is 4.34. The summed E-state index contributed by atoms with van der Waals surface area (Å²) in [5.74, 6) is -0.0212. The summed E-state index contributed by atoms with van der Waals surface area (Å²) < 4.78 is 1.16. The van der Waals surface area contributed by atoms with Gasteiger partial charge in [-0.2, -0.15) is 5.26 Å². The van der Waals surface area contributed by atoms with Crippen LogP contribution in [0.4, 0.5) is 0 Å². The number of hydrogen-bond donors (Lipinski definition) is 1. The highest BCUT2D eigenvalue weighted by molar-refractivity contribution is 5.45. The van der Waals surface area contributed by atoms with Gasteiger partial charge < -0.3 is 5.11 Å². The lowest BCUT2D eigenvalue weighted by Gasteiger charge is -2.27. The average molecular weight is 261 g/mol. The van der Waals surface area contributed by atoms with Crippen molar-refractivity contribution in [2.45, 2.75) is 32.7 Å². The summed E-state index contributed by atoms with van der Waals surface area (Å²) in [6.07, 6.45) is 3.57. The quantitative estimate of drug-likeness (QED) is 0.870. The van der Waals surface area contributed by atoms with Crippen LogP contribution in [0.3, 0.4) is 0 Å². The van der Waals surface area contributed by atoms with E-state index in [1.165, 1.54) is 13.5 Å². The zero-order chi connectivity index (χ0) is 14.0. The summed E-state index contributed by atoms with van der Waals surface area (Å²) in [5, 5.41) is 19.2. The van der Waals surface area contributed by atoms with Crippen molar-refractivity contribution in [2.75, 3.05) is 13.1 Å². The fourth-order valence-electron chi connectivity index (χ4n) is 2.61. The van der Waals surface area contributed by atoms with E-state index in [0.717, 1.165) is 30.5 Å². The Hall–Kier alpha value is -1.80. The third-order valence-corrected chi connectivity index (χ3v) is 3.88. The lowest BCUT2D eigenvalue weighted by molar-refractivity contribution is 0.216. The monoisotopic (exact) mass is 261 g/mol. The molecule has 0 aliphatic carbocycles. The number of nitriles is 1. The maximum absolute atomic E-state index is 11.9. The van der Waals surface area contributed by atoms with Gasteiger partial charge in [0.2, 0.25) is 0 Å². The fraction of sp³-hybridized carbons (Fsp3) is 0.571. The molecule has 0 aromatic carbocycles. The normalized spacial score (nSPS) is 16.3. The van der Waals surface area contributed by atoms with Crippen LogP contribution in [-0.4, -0.2) is 27.7 Å². The minimum absolute atomic E-state index is 0.0212. The van der Waals surface area contributed by atoms with E-state index in [1.54, 1.807) is 6.92 Å². The molecule has 1 aliphatic rings. The second-order valence-electron chi connectivity index (χ2n) is 5.11. The fourth-order valence-corrected chi connectivity index (χ4v) is 2.61. The molecule has 5 heteroatoms. The van der Waals surface area contributed by atoms with Crippen molar-refractivity contribution in [1.29, 1.82) is 5.26 Å². The van der Waals surface area contributed by atoms with Crippen molar-refractivity contribution in [3.8, 4) is 11.9 Å². The molecule has 1 N–H and O–H groups in total. The molecule has 1 aliphatic heterocycles. The van der Waals surface area contributed by atoms with Gasteiger partial charge in [0.1, 0.15) is 11.6 Å². The first-order chi connectivity index (χ1) is 9.06. The lowest BCUT2D eigenvalue weighted by Crippen LogP contribution is -2.31. The van der Waals surface area contributed by atoms with Crippen molar-refractivity contribution in [2.24, 2.45) is 7.05 Å². The second kappa shape index (κ2) is 5.45. The largest absolute Gasteiger partial charge is 0.494 e. The molecule has 5 nitrogen and oxygen atoms in total. The van der Waals surface area contributed by atoms with Crippen LogP contribution < -0.4 is 5.56 Å². The van der Waals surface area contributed by atoms with Crippen molar-refractivity contribution in [1.82, 2.24) is 9.47 Å². The first kappa shape index (κ1) is 13.6. The average Bonchev–Trinajstić information content (AvgIpc) is 2.43. The molecule has 2 heterocycles. The Morgan fingerprint density at radius 3 is 2.53 bits per heavy atom. The van der Waals surface area contributed by atoms with Crippen LogP contribution in [0.1, 0.15) is 36.0 Å². The number of piperidine rings is 1. The minimum atomic E-state index is -0.431. The molecule has 102 valence electrons. The highest BCUT2D eigenvalue weighted by Crippen LogP contribution is 2.23. The van der Waals surface area contributed by atoms with E-state index in [2.05, 4.69) is 4.90 Å². The van der Waals surface area contributed by atoms with Gasteiger partial charge in [-0.3, -0.25) is 14.3 Å². The Morgan fingerprint density at radius 1 is 1.32 bits per heavy atom. The molecular weight excluding hydrogens is 242 g/mol. The molecule has 0 bridgehead atoms. The van der Waals surface area contributed by atoms with Crippen molar-refractivity contribution < 1.29 is 5.11 Å². The number of pyridine rings is 1. The summed E-state index contributed by atoms with van der Waals surface area (Å²) in [5.41, 5.74) is 1.00. The van der Waals surface area contributed by atoms with Gasteiger partial charge in [0.05, 0.1) is 0 Å². The highest BCUT2D eigenvalue weighted by atomic mass is 16.3. The van der Waals surface area contributed by atoms with E-state index < -0.39 is 5.56 Å². The first-order valence-electron chi connectivity index (χ1n) is 6.60. The van der Waals surface area contributed by atoms with Gasteiger partial charge in [-0.1, -0.05) is 6.42 Å². The van der Waals surface area contributed by atoms with Crippen molar-refractivity contribution in [3.63, 3.8) is 0 Å². The Balaban J connectivity index is 2.42. The van der Waals surface area contributed by atoms with Crippen LogP contribution in [0, 0.1) is 18.3 Å². The van der Waals surface area contributed by atoms with Gasteiger partial charge in [0, 0.05) is 19.2 Å². The van der Waals surface area contributed by atoms with E-state index >= 15 is 0 Å². The second-order valence-corrected chi connectivity index (χ2v) is 5.11. The highest BCUT2D eigenvalue weighted by Gasteiger charge is 2.20. The molecule has 1 fully saturated rings. The third-order valence-electron chi connectivity index (χ3n) is 3.88. The van der Waals surface area contributed by atoms with E-state index in [9.17, 15) is 9.90 Å². The Morgan fingerprint density at radius 2 is 1.95 bits per heavy atom. The standard InChI is InChI=1S/C14H19N3O2/c1-10-11(8-15)13(18)16(2)14(19)12(10)9-17-6-4-3-5-7-17/h19H,3-7,9H2,1-2H3. The molecule has 19 heavy (non-hydrogen) atoms. The first-order valence-corrected chi connectivity index (χ1v) is 6.60. The predicted octanol–water partition coefficient (Wildman–Crippen LogP) is 1.26. The number of aromatic nitrogens is 1. The molecule has 1 aromatic rings. The molecule has 2 rings (SSSR count). The molecule has 0 amide bonds. The zero-order valence-electron chi connectivity index (χ0n) is 11.4. The van der Waals surface area contributed by atoms with Crippen LogP contribution in [0.15, 0.2) is 4.79 Å². The number of likely N-dealkylation sites (tertiary alicyclic amines) is 1. The number of rotatable bonds is 2. The van der Waals surface area contributed by atoms with Crippen LogP contribution >= 0.6 is 0 Å². The molecule has 1 saturated heterocycles. The van der Waals surface area contributed by atoms with E-state index in [4.69, 9.17) is 5.26 Å². The van der Waals surface area contributed by atoms with Crippen molar-refractivity contribution >= 4 is 0 Å². The maximum Gasteiger partial charge on any atom is 0.271 e. The van der Waals surface area contributed by atoms with E-state index in [1.807, 2.05) is 6.07 Å². The molecule has 0 spiro atoms. The zero-order valence-corrected chi connectivity index (χ0v) is 11.4. The Kier molecular flexibility index (Phi) is 3.91. The topological polar surface area (TPSA) is 69.3 Å². The SMILES string of the molecule is Cc1c(CN2CCCCC2)c(O)n(C)c(=O)c1C#N. The predicted molar refractivity (Wildman–Crippen MR) is 71.9 cm³/mol. The molecule has 0 atom stereocenters. The smallest absolute Gasteiger partial charge is 0.271 e. The minimum Gasteiger partial charge on any atom is -0.494 e. The van der Waals surface area contributed by atoms with Gasteiger partial charge in [-0.15, -0.1) is 0 Å². The molecule has 0 unspecified atom stereocenters. The van der Waals surface area contributed by atoms with E-state index in [0.29, 0.717) is 17.7 Å². The number of aromatic hydroxyl groups is 1. The molecular formula is C14H19N3O2. The number of hydrogen-bond acceptors (Lipinski definition) is 4. The van der Waals surface area contributed by atoms with Gasteiger partial charge in [0.15, 0.2) is 5.88 Å². The van der Waals surface area contributed by atoms with Crippen LogP contribution in [0.25, 0.3) is 0 Å². The van der Waals surface area contributed by atoms with Gasteiger partial charge in [-0.25, -0.2) is 0 Å². The van der Waals surface area contributed by atoms with Gasteiger partial charge in [-0.05, 0) is 38.4 Å². The summed E-state index contributed by atoms with van der Waals surface area (Å²) in [4.78, 5) is 14.1. The Bertz CT molecular complexity index is 578. The van der Waals surface area contributed by atoms with Gasteiger partial charge >= 0.3 is 0 Å². The number of nitrogens with zero attached hydrogens (tertiary/aromatic N) is 3. The summed E-state index contributed by atoms with van der Waals surface area (Å²) in [7, 11) is 1.50. The molecule has 1 aromatic heterocycles. The van der Waals surface area contributed by atoms with Crippen LogP contribution in [-0.2, 0) is 13.6 Å².